The molecular weight excluding hydrogens is 342 g/mol. The summed E-state index contributed by atoms with van der Waals surface area (Å²) in [6.07, 6.45) is 0. The van der Waals surface area contributed by atoms with Gasteiger partial charge in [0.2, 0.25) is 0 Å². The second-order valence-corrected chi connectivity index (χ2v) is 6.09. The first kappa shape index (κ1) is 17.3. The van der Waals surface area contributed by atoms with Gasteiger partial charge in [-0.25, -0.2) is 4.79 Å². The largest absolute Gasteiger partial charge is 0.482 e. The predicted molar refractivity (Wildman–Crippen MR) is 93.6 cm³/mol. The molecule has 1 heterocycles. The van der Waals surface area contributed by atoms with E-state index in [1.165, 1.54) is 0 Å². The molecule has 0 atom stereocenters. The van der Waals surface area contributed by atoms with Gasteiger partial charge in [0.15, 0.2) is 6.61 Å². The fraction of sp³-hybridized carbons (Fsp3) is 0.263. The Kier molecular flexibility index (Phi) is 5.24. The molecule has 2 aromatic carbocycles. The summed E-state index contributed by atoms with van der Waals surface area (Å²) in [5.74, 6) is -0.0899. The molecule has 3 rings (SSSR count). The number of carbonyl (C=O) groups is 2. The van der Waals surface area contributed by atoms with E-state index in [1.54, 1.807) is 24.0 Å². The van der Waals surface area contributed by atoms with Crippen LogP contribution in [0.5, 0.6) is 5.75 Å². The van der Waals surface area contributed by atoms with Crippen LogP contribution in [0.15, 0.2) is 42.5 Å². The van der Waals surface area contributed by atoms with Crippen molar-refractivity contribution in [2.24, 2.45) is 0 Å². The Morgan fingerprint density at radius 1 is 1.24 bits per heavy atom. The number of nitrogens with zero attached hydrogens (tertiary/aromatic N) is 1. The van der Waals surface area contributed by atoms with Crippen LogP contribution in [0.2, 0.25) is 5.02 Å². The summed E-state index contributed by atoms with van der Waals surface area (Å²) in [6, 6.07) is 13.1. The lowest BCUT2D eigenvalue weighted by atomic mass is 10.1. The summed E-state index contributed by atoms with van der Waals surface area (Å²) in [5.41, 5.74) is 2.35. The number of benzene rings is 2. The summed E-state index contributed by atoms with van der Waals surface area (Å²) in [6.45, 7) is 2.82. The Balaban J connectivity index is 1.73. The maximum Gasteiger partial charge on any atom is 0.344 e. The fourth-order valence-electron chi connectivity index (χ4n) is 2.80. The molecule has 0 unspecified atom stereocenters. The van der Waals surface area contributed by atoms with Crippen LogP contribution in [0.3, 0.4) is 0 Å². The molecule has 0 spiro atoms. The molecule has 5 nitrogen and oxygen atoms in total. The molecule has 1 aliphatic rings. The van der Waals surface area contributed by atoms with Crippen LogP contribution in [0.4, 0.5) is 0 Å². The van der Waals surface area contributed by atoms with Gasteiger partial charge in [-0.2, -0.15) is 0 Å². The summed E-state index contributed by atoms with van der Waals surface area (Å²) >= 11 is 6.27. The third-order valence-corrected chi connectivity index (χ3v) is 4.18. The maximum absolute atomic E-state index is 12.6. The average molecular weight is 360 g/mol. The Bertz CT molecular complexity index is 792. The van der Waals surface area contributed by atoms with E-state index < -0.39 is 5.97 Å². The van der Waals surface area contributed by atoms with Crippen LogP contribution in [-0.2, 0) is 22.6 Å². The van der Waals surface area contributed by atoms with E-state index in [2.05, 4.69) is 0 Å². The zero-order valence-electron chi connectivity index (χ0n) is 13.8. The van der Waals surface area contributed by atoms with Crippen molar-refractivity contribution in [1.82, 2.24) is 4.90 Å². The Morgan fingerprint density at radius 3 is 2.72 bits per heavy atom. The number of amides is 1. The topological polar surface area (TPSA) is 55.8 Å². The van der Waals surface area contributed by atoms with E-state index in [1.807, 2.05) is 30.3 Å². The Hall–Kier alpha value is -2.53. The molecule has 0 N–H and O–H groups in total. The van der Waals surface area contributed by atoms with Crippen LogP contribution in [0.1, 0.15) is 28.4 Å². The van der Waals surface area contributed by atoms with E-state index in [-0.39, 0.29) is 12.5 Å². The number of hydrogen-bond acceptors (Lipinski definition) is 4. The smallest absolute Gasteiger partial charge is 0.344 e. The van der Waals surface area contributed by atoms with Crippen molar-refractivity contribution in [3.8, 4) is 5.75 Å². The summed E-state index contributed by atoms with van der Waals surface area (Å²) in [4.78, 5) is 25.7. The first-order valence-corrected chi connectivity index (χ1v) is 8.40. The van der Waals surface area contributed by atoms with Gasteiger partial charge in [0.1, 0.15) is 5.75 Å². The molecule has 1 amide bonds. The number of halogens is 1. The van der Waals surface area contributed by atoms with Crippen molar-refractivity contribution < 1.29 is 19.1 Å². The molecule has 0 aromatic heterocycles. The van der Waals surface area contributed by atoms with E-state index in [0.29, 0.717) is 36.0 Å². The van der Waals surface area contributed by atoms with E-state index in [0.717, 1.165) is 11.1 Å². The van der Waals surface area contributed by atoms with Crippen LogP contribution < -0.4 is 4.74 Å². The number of rotatable bonds is 6. The predicted octanol–water partition coefficient (Wildman–Crippen LogP) is 3.44. The normalized spacial score (nSPS) is 12.9. The third-order valence-electron chi connectivity index (χ3n) is 3.89. The summed E-state index contributed by atoms with van der Waals surface area (Å²) < 4.78 is 10.3. The summed E-state index contributed by atoms with van der Waals surface area (Å²) in [5, 5.41) is 0.330. The van der Waals surface area contributed by atoms with E-state index in [4.69, 9.17) is 21.1 Å². The number of carbonyl (C=O) groups excluding carboxylic acids is 2. The zero-order valence-corrected chi connectivity index (χ0v) is 14.6. The number of fused-ring (bicyclic) bond motifs is 1. The molecule has 0 fully saturated rings. The Labute approximate surface area is 151 Å². The number of ether oxygens (including phenoxy) is 2. The van der Waals surface area contributed by atoms with Crippen LogP contribution >= 0.6 is 11.6 Å². The van der Waals surface area contributed by atoms with Crippen molar-refractivity contribution >= 4 is 23.5 Å². The molecule has 0 saturated carbocycles. The van der Waals surface area contributed by atoms with Gasteiger partial charge >= 0.3 is 5.97 Å². The molecule has 0 bridgehead atoms. The standard InChI is InChI=1S/C19H18ClNO4/c1-2-24-17(22)12-25-15-8-14-11-21(10-13-6-4-3-5-7-13)19(23)18(14)16(20)9-15/h3-9H,2,10-12H2,1H3. The number of esters is 1. The van der Waals surface area contributed by atoms with Gasteiger partial charge in [0.05, 0.1) is 17.2 Å². The highest BCUT2D eigenvalue weighted by Crippen LogP contribution is 2.34. The van der Waals surface area contributed by atoms with Gasteiger partial charge in [-0.3, -0.25) is 4.79 Å². The van der Waals surface area contributed by atoms with Crippen LogP contribution in [-0.4, -0.2) is 30.0 Å². The zero-order chi connectivity index (χ0) is 17.8. The first-order chi connectivity index (χ1) is 12.1. The van der Waals surface area contributed by atoms with Gasteiger partial charge in [-0.05, 0) is 30.2 Å². The molecule has 2 aromatic rings. The Morgan fingerprint density at radius 2 is 2.00 bits per heavy atom. The molecular formula is C19H18ClNO4. The van der Waals surface area contributed by atoms with Crippen molar-refractivity contribution in [3.63, 3.8) is 0 Å². The fourth-order valence-corrected chi connectivity index (χ4v) is 3.11. The van der Waals surface area contributed by atoms with Crippen molar-refractivity contribution in [1.29, 1.82) is 0 Å². The maximum atomic E-state index is 12.6. The lowest BCUT2D eigenvalue weighted by molar-refractivity contribution is -0.145. The minimum atomic E-state index is -0.444. The molecule has 0 radical (unpaired) electrons. The SMILES string of the molecule is CCOC(=O)COc1cc(Cl)c2c(c1)CN(Cc1ccccc1)C2=O. The average Bonchev–Trinajstić information content (AvgIpc) is 2.90. The number of hydrogen-bond donors (Lipinski definition) is 0. The summed E-state index contributed by atoms with van der Waals surface area (Å²) in [7, 11) is 0. The lowest BCUT2D eigenvalue weighted by Gasteiger charge is -2.15. The van der Waals surface area contributed by atoms with Gasteiger partial charge < -0.3 is 14.4 Å². The molecule has 25 heavy (non-hydrogen) atoms. The van der Waals surface area contributed by atoms with E-state index in [9.17, 15) is 9.59 Å². The lowest BCUT2D eigenvalue weighted by Crippen LogP contribution is -2.23. The highest BCUT2D eigenvalue weighted by atomic mass is 35.5. The minimum Gasteiger partial charge on any atom is -0.482 e. The van der Waals surface area contributed by atoms with E-state index >= 15 is 0 Å². The molecule has 1 aliphatic heterocycles. The second kappa shape index (κ2) is 7.57. The second-order valence-electron chi connectivity index (χ2n) is 5.68. The van der Waals surface area contributed by atoms with Crippen molar-refractivity contribution in [2.45, 2.75) is 20.0 Å². The van der Waals surface area contributed by atoms with Crippen LogP contribution in [0, 0.1) is 0 Å². The minimum absolute atomic E-state index is 0.0965. The van der Waals surface area contributed by atoms with Crippen LogP contribution in [0.25, 0.3) is 0 Å². The van der Waals surface area contributed by atoms with Crippen molar-refractivity contribution in [2.75, 3.05) is 13.2 Å². The van der Waals surface area contributed by atoms with Gasteiger partial charge in [0.25, 0.3) is 5.91 Å². The molecule has 0 aliphatic carbocycles. The molecule has 130 valence electrons. The third kappa shape index (κ3) is 3.94. The molecule has 0 saturated heterocycles. The monoisotopic (exact) mass is 359 g/mol. The van der Waals surface area contributed by atoms with Crippen molar-refractivity contribution in [3.05, 3.63) is 64.2 Å². The highest BCUT2D eigenvalue weighted by molar-refractivity contribution is 6.34. The van der Waals surface area contributed by atoms with Gasteiger partial charge in [-0.15, -0.1) is 0 Å². The molecule has 6 heteroatoms. The van der Waals surface area contributed by atoms with Gasteiger partial charge in [-0.1, -0.05) is 41.9 Å². The quantitative estimate of drug-likeness (QED) is 0.741. The highest BCUT2D eigenvalue weighted by Gasteiger charge is 2.30. The first-order valence-electron chi connectivity index (χ1n) is 8.02. The van der Waals surface area contributed by atoms with Gasteiger partial charge in [0, 0.05) is 13.1 Å².